The first-order chi connectivity index (χ1) is 12.8. The Bertz CT molecular complexity index is 720. The molecule has 3 rings (SSSR count). The van der Waals surface area contributed by atoms with E-state index in [0.717, 1.165) is 5.56 Å². The number of rotatable bonds is 7. The topological polar surface area (TPSA) is 99.1 Å². The number of carbonyl (C=O) groups excluding carboxylic acids is 2. The summed E-state index contributed by atoms with van der Waals surface area (Å²) in [5.41, 5.74) is 0.332. The molecule has 2 aliphatic rings. The monoisotopic (exact) mass is 375 g/mol. The van der Waals surface area contributed by atoms with E-state index < -0.39 is 17.7 Å². The van der Waals surface area contributed by atoms with Gasteiger partial charge in [0.15, 0.2) is 5.71 Å². The van der Waals surface area contributed by atoms with Gasteiger partial charge in [-0.25, -0.2) is 9.78 Å². The Labute approximate surface area is 158 Å². The van der Waals surface area contributed by atoms with Gasteiger partial charge in [-0.15, -0.1) is 0 Å². The Balaban J connectivity index is 1.41. The quantitative estimate of drug-likeness (QED) is 0.732. The predicted octanol–water partition coefficient (Wildman–Crippen LogP) is 1.97. The second-order valence-electron chi connectivity index (χ2n) is 7.81. The highest BCUT2D eigenvalue weighted by molar-refractivity contribution is 6.37. The van der Waals surface area contributed by atoms with Crippen molar-refractivity contribution in [2.75, 3.05) is 6.61 Å². The number of carbonyl (C=O) groups is 2. The summed E-state index contributed by atoms with van der Waals surface area (Å²) in [7, 11) is 0. The summed E-state index contributed by atoms with van der Waals surface area (Å²) in [6.07, 6.45) is 3.38. The number of nitrogens with one attached hydrogen (secondary N) is 1. The molecule has 1 aliphatic heterocycles. The van der Waals surface area contributed by atoms with E-state index in [9.17, 15) is 9.59 Å². The average molecular weight is 375 g/mol. The molecule has 8 heteroatoms. The molecule has 1 unspecified atom stereocenters. The summed E-state index contributed by atoms with van der Waals surface area (Å²) in [5, 5.41) is 6.44. The van der Waals surface area contributed by atoms with E-state index in [1.807, 2.05) is 6.07 Å². The fraction of sp³-hybridized carbons (Fsp3) is 0.579. The molecule has 1 aromatic heterocycles. The van der Waals surface area contributed by atoms with Crippen LogP contribution in [0.1, 0.15) is 45.6 Å². The highest BCUT2D eigenvalue weighted by Crippen LogP contribution is 2.29. The van der Waals surface area contributed by atoms with Gasteiger partial charge in [0.1, 0.15) is 5.60 Å². The molecule has 8 nitrogen and oxygen atoms in total. The molecule has 0 spiro atoms. The molecular formula is C19H25N3O5. The minimum absolute atomic E-state index is 0.0902. The molecule has 1 amide bonds. The summed E-state index contributed by atoms with van der Waals surface area (Å²) >= 11 is 0. The van der Waals surface area contributed by atoms with Crippen molar-refractivity contribution in [1.82, 2.24) is 10.3 Å². The number of hydrogen-bond acceptors (Lipinski definition) is 7. The zero-order valence-electron chi connectivity index (χ0n) is 15.9. The van der Waals surface area contributed by atoms with E-state index in [4.69, 9.17) is 14.3 Å². The number of nitrogens with zero attached hydrogens (tertiary/aromatic N) is 2. The summed E-state index contributed by atoms with van der Waals surface area (Å²) in [6.45, 7) is 6.31. The van der Waals surface area contributed by atoms with Crippen LogP contribution in [0.15, 0.2) is 23.5 Å². The molecule has 1 aromatic rings. The van der Waals surface area contributed by atoms with Crippen molar-refractivity contribution < 1.29 is 23.9 Å². The number of esters is 1. The van der Waals surface area contributed by atoms with Crippen LogP contribution < -0.4 is 10.1 Å². The molecule has 0 aromatic carbocycles. The van der Waals surface area contributed by atoms with Gasteiger partial charge >= 0.3 is 5.97 Å². The number of ether oxygens (including phenoxy) is 2. The molecular weight excluding hydrogens is 350 g/mol. The zero-order chi connectivity index (χ0) is 19.4. The van der Waals surface area contributed by atoms with Crippen LogP contribution in [0.2, 0.25) is 0 Å². The lowest BCUT2D eigenvalue weighted by atomic mass is 10.1. The highest BCUT2D eigenvalue weighted by atomic mass is 16.7. The van der Waals surface area contributed by atoms with Crippen molar-refractivity contribution in [3.63, 3.8) is 0 Å². The maximum absolute atomic E-state index is 12.2. The maximum atomic E-state index is 12.2. The zero-order valence-corrected chi connectivity index (χ0v) is 15.9. The van der Waals surface area contributed by atoms with Crippen LogP contribution in [0, 0.1) is 5.92 Å². The largest absolute Gasteiger partial charge is 0.477 e. The van der Waals surface area contributed by atoms with Gasteiger partial charge < -0.3 is 19.6 Å². The van der Waals surface area contributed by atoms with Gasteiger partial charge in [-0.05, 0) is 45.1 Å². The third-order valence-corrected chi connectivity index (χ3v) is 4.02. The van der Waals surface area contributed by atoms with E-state index in [1.54, 1.807) is 33.0 Å². The van der Waals surface area contributed by atoms with Gasteiger partial charge in [0, 0.05) is 25.2 Å². The molecule has 0 bridgehead atoms. The first kappa shape index (κ1) is 19.1. The Morgan fingerprint density at radius 1 is 1.30 bits per heavy atom. The van der Waals surface area contributed by atoms with Crippen molar-refractivity contribution in [3.05, 3.63) is 23.9 Å². The van der Waals surface area contributed by atoms with Crippen molar-refractivity contribution in [3.8, 4) is 5.88 Å². The van der Waals surface area contributed by atoms with Gasteiger partial charge in [0.05, 0.1) is 6.61 Å². The predicted molar refractivity (Wildman–Crippen MR) is 97.1 cm³/mol. The van der Waals surface area contributed by atoms with Crippen molar-refractivity contribution >= 4 is 17.6 Å². The maximum Gasteiger partial charge on any atom is 0.356 e. The van der Waals surface area contributed by atoms with Crippen LogP contribution in [-0.2, 0) is 25.7 Å². The molecule has 1 N–H and O–H groups in total. The number of amides is 1. The Hall–Kier alpha value is -2.64. The molecule has 0 saturated heterocycles. The molecule has 1 atom stereocenters. The Morgan fingerprint density at radius 2 is 2.07 bits per heavy atom. The second kappa shape index (κ2) is 7.94. The van der Waals surface area contributed by atoms with Crippen LogP contribution in [-0.4, -0.2) is 40.9 Å². The van der Waals surface area contributed by atoms with Crippen LogP contribution >= 0.6 is 0 Å². The Kier molecular flexibility index (Phi) is 5.62. The van der Waals surface area contributed by atoms with Gasteiger partial charge in [0.2, 0.25) is 12.0 Å². The van der Waals surface area contributed by atoms with Gasteiger partial charge in [-0.3, -0.25) is 4.79 Å². The molecule has 1 fully saturated rings. The number of aromatic nitrogens is 1. The molecule has 146 valence electrons. The third-order valence-electron chi connectivity index (χ3n) is 4.02. The van der Waals surface area contributed by atoms with Crippen molar-refractivity contribution in [2.24, 2.45) is 11.1 Å². The normalized spacial score (nSPS) is 19.1. The minimum Gasteiger partial charge on any atom is -0.477 e. The van der Waals surface area contributed by atoms with Crippen LogP contribution in [0.25, 0.3) is 0 Å². The van der Waals surface area contributed by atoms with Crippen LogP contribution in [0.4, 0.5) is 0 Å². The second-order valence-corrected chi connectivity index (χ2v) is 7.81. The molecule has 2 heterocycles. The van der Waals surface area contributed by atoms with E-state index in [2.05, 4.69) is 15.5 Å². The van der Waals surface area contributed by atoms with Gasteiger partial charge in [-0.2, -0.15) is 0 Å². The fourth-order valence-corrected chi connectivity index (χ4v) is 2.37. The molecule has 1 saturated carbocycles. The van der Waals surface area contributed by atoms with Crippen molar-refractivity contribution in [2.45, 2.75) is 58.3 Å². The van der Waals surface area contributed by atoms with E-state index in [0.29, 0.717) is 24.9 Å². The first-order valence-electron chi connectivity index (χ1n) is 9.11. The van der Waals surface area contributed by atoms with Gasteiger partial charge in [0.25, 0.3) is 5.91 Å². The summed E-state index contributed by atoms with van der Waals surface area (Å²) in [6, 6.07) is 3.65. The number of hydrogen-bond donors (Lipinski definition) is 1. The number of pyridine rings is 1. The van der Waals surface area contributed by atoms with Crippen LogP contribution in [0.5, 0.6) is 5.88 Å². The SMILES string of the molecule is CC(C)(C)OC(=O)C1=NOC(C(=O)NCc2ccc(OCC3CC3)nc2)C1. The average Bonchev–Trinajstić information content (AvgIpc) is 3.30. The van der Waals surface area contributed by atoms with E-state index in [1.165, 1.54) is 12.8 Å². The summed E-state index contributed by atoms with van der Waals surface area (Å²) in [4.78, 5) is 33.5. The fourth-order valence-electron chi connectivity index (χ4n) is 2.37. The lowest BCUT2D eigenvalue weighted by molar-refractivity contribution is -0.146. The lowest BCUT2D eigenvalue weighted by Crippen LogP contribution is -2.35. The lowest BCUT2D eigenvalue weighted by Gasteiger charge is -2.18. The van der Waals surface area contributed by atoms with E-state index >= 15 is 0 Å². The van der Waals surface area contributed by atoms with Crippen molar-refractivity contribution in [1.29, 1.82) is 0 Å². The standard InChI is InChI=1S/C19H25N3O5/c1-19(2,3)26-18(24)14-8-15(27-22-14)17(23)21-10-13-6-7-16(20-9-13)25-11-12-4-5-12/h6-7,9,12,15H,4-5,8,10-11H2,1-3H3,(H,21,23). The first-order valence-corrected chi connectivity index (χ1v) is 9.11. The molecule has 27 heavy (non-hydrogen) atoms. The Morgan fingerprint density at radius 3 is 2.70 bits per heavy atom. The van der Waals surface area contributed by atoms with Crippen LogP contribution in [0.3, 0.4) is 0 Å². The van der Waals surface area contributed by atoms with E-state index in [-0.39, 0.29) is 18.0 Å². The number of oxime groups is 1. The molecule has 0 radical (unpaired) electrons. The summed E-state index contributed by atoms with van der Waals surface area (Å²) < 4.78 is 10.8. The van der Waals surface area contributed by atoms with Gasteiger partial charge in [-0.1, -0.05) is 11.2 Å². The third kappa shape index (κ3) is 5.94. The molecule has 1 aliphatic carbocycles. The highest BCUT2D eigenvalue weighted by Gasteiger charge is 2.33. The minimum atomic E-state index is -0.832. The smallest absolute Gasteiger partial charge is 0.356 e. The summed E-state index contributed by atoms with van der Waals surface area (Å²) in [5.74, 6) is 0.353.